The molecule has 0 radical (unpaired) electrons. The van der Waals surface area contributed by atoms with Crippen molar-refractivity contribution in [2.24, 2.45) is 5.73 Å². The van der Waals surface area contributed by atoms with Crippen LogP contribution < -0.4 is 5.73 Å². The molecule has 4 heteroatoms. The first-order valence-corrected chi connectivity index (χ1v) is 7.05. The van der Waals surface area contributed by atoms with E-state index in [2.05, 4.69) is 15.9 Å². The van der Waals surface area contributed by atoms with Crippen LogP contribution in [0, 0.1) is 12.7 Å². The van der Waals surface area contributed by atoms with Gasteiger partial charge in [-0.15, -0.1) is 0 Å². The lowest BCUT2D eigenvalue weighted by atomic mass is 10.0. The molecule has 3 rings (SSSR count). The zero-order valence-corrected chi connectivity index (χ0v) is 12.4. The van der Waals surface area contributed by atoms with Gasteiger partial charge in [0.1, 0.15) is 17.2 Å². The highest BCUT2D eigenvalue weighted by Gasteiger charge is 2.17. The maximum absolute atomic E-state index is 13.2. The zero-order valence-electron chi connectivity index (χ0n) is 10.9. The Morgan fingerprint density at radius 1 is 1.20 bits per heavy atom. The average Bonchev–Trinajstić information content (AvgIpc) is 2.84. The summed E-state index contributed by atoms with van der Waals surface area (Å²) in [6, 6.07) is 11.8. The lowest BCUT2D eigenvalue weighted by molar-refractivity contribution is 0.524. The Hall–Kier alpha value is -1.65. The summed E-state index contributed by atoms with van der Waals surface area (Å²) < 4.78 is 19.9. The van der Waals surface area contributed by atoms with Crippen molar-refractivity contribution in [2.45, 2.75) is 13.0 Å². The van der Waals surface area contributed by atoms with Gasteiger partial charge in [0.25, 0.3) is 0 Å². The van der Waals surface area contributed by atoms with Crippen LogP contribution in [-0.2, 0) is 0 Å². The number of fused-ring (bicyclic) bond motifs is 1. The van der Waals surface area contributed by atoms with E-state index in [0.29, 0.717) is 11.3 Å². The molecule has 0 spiro atoms. The Labute approximate surface area is 124 Å². The molecule has 1 atom stereocenters. The van der Waals surface area contributed by atoms with Crippen LogP contribution in [0.2, 0.25) is 0 Å². The fraction of sp³-hybridized carbons (Fsp3) is 0.125. The van der Waals surface area contributed by atoms with Gasteiger partial charge < -0.3 is 10.2 Å². The van der Waals surface area contributed by atoms with Crippen LogP contribution in [0.5, 0.6) is 0 Å². The molecule has 2 nitrogen and oxygen atoms in total. The van der Waals surface area contributed by atoms with E-state index in [1.165, 1.54) is 12.1 Å². The molecule has 0 saturated carbocycles. The summed E-state index contributed by atoms with van der Waals surface area (Å²) in [5, 5.41) is 0.722. The molecule has 3 aromatic rings. The van der Waals surface area contributed by atoms with E-state index in [9.17, 15) is 4.39 Å². The van der Waals surface area contributed by atoms with Gasteiger partial charge in [-0.3, -0.25) is 0 Å². The maximum Gasteiger partial charge on any atom is 0.134 e. The largest absolute Gasteiger partial charge is 0.459 e. The molecule has 0 bridgehead atoms. The molecule has 0 fully saturated rings. The number of nitrogens with two attached hydrogens (primary N) is 1. The molecule has 0 amide bonds. The highest BCUT2D eigenvalue weighted by molar-refractivity contribution is 9.10. The molecule has 1 heterocycles. The van der Waals surface area contributed by atoms with Gasteiger partial charge >= 0.3 is 0 Å². The third-order valence-corrected chi connectivity index (χ3v) is 4.44. The van der Waals surface area contributed by atoms with Crippen molar-refractivity contribution >= 4 is 26.9 Å². The van der Waals surface area contributed by atoms with Crippen molar-refractivity contribution in [2.75, 3.05) is 0 Å². The van der Waals surface area contributed by atoms with Crippen molar-refractivity contribution in [1.29, 1.82) is 0 Å². The van der Waals surface area contributed by atoms with E-state index in [1.54, 1.807) is 12.1 Å². The number of benzene rings is 2. The van der Waals surface area contributed by atoms with E-state index >= 15 is 0 Å². The van der Waals surface area contributed by atoms with E-state index in [4.69, 9.17) is 10.2 Å². The fourth-order valence-corrected chi connectivity index (χ4v) is 2.76. The van der Waals surface area contributed by atoms with E-state index in [-0.39, 0.29) is 11.9 Å². The maximum atomic E-state index is 13.2. The van der Waals surface area contributed by atoms with Crippen LogP contribution >= 0.6 is 15.9 Å². The quantitative estimate of drug-likeness (QED) is 0.738. The van der Waals surface area contributed by atoms with Crippen LogP contribution in [0.15, 0.2) is 51.4 Å². The molecule has 102 valence electrons. The van der Waals surface area contributed by atoms with Gasteiger partial charge in [0.2, 0.25) is 0 Å². The number of halogens is 2. The van der Waals surface area contributed by atoms with Crippen molar-refractivity contribution in [3.8, 4) is 0 Å². The van der Waals surface area contributed by atoms with E-state index in [0.717, 1.165) is 21.0 Å². The van der Waals surface area contributed by atoms with Gasteiger partial charge in [-0.2, -0.15) is 0 Å². The van der Waals surface area contributed by atoms with Gasteiger partial charge in [0.05, 0.1) is 6.04 Å². The van der Waals surface area contributed by atoms with Gasteiger partial charge in [-0.05, 0) is 42.3 Å². The molecule has 0 aliphatic carbocycles. The minimum absolute atomic E-state index is 0.282. The zero-order chi connectivity index (χ0) is 14.3. The summed E-state index contributed by atoms with van der Waals surface area (Å²) in [6.07, 6.45) is 0. The predicted octanol–water partition coefficient (Wildman–Crippen LogP) is 4.69. The lowest BCUT2D eigenvalue weighted by Crippen LogP contribution is -2.11. The first kappa shape index (κ1) is 13.3. The number of hydrogen-bond donors (Lipinski definition) is 1. The summed E-state index contributed by atoms with van der Waals surface area (Å²) in [5.74, 6) is 0.340. The Morgan fingerprint density at radius 3 is 2.80 bits per heavy atom. The summed E-state index contributed by atoms with van der Waals surface area (Å²) in [7, 11) is 0. The molecule has 0 saturated heterocycles. The minimum atomic E-state index is -0.389. The smallest absolute Gasteiger partial charge is 0.134 e. The van der Waals surface area contributed by atoms with Gasteiger partial charge in [0.15, 0.2) is 0 Å². The van der Waals surface area contributed by atoms with Crippen LogP contribution in [-0.4, -0.2) is 0 Å². The molecule has 0 aliphatic rings. The first-order chi connectivity index (χ1) is 9.56. The summed E-state index contributed by atoms with van der Waals surface area (Å²) >= 11 is 3.55. The number of rotatable bonds is 2. The molecule has 1 unspecified atom stereocenters. The number of hydrogen-bond acceptors (Lipinski definition) is 2. The normalized spacial score (nSPS) is 12.8. The highest BCUT2D eigenvalue weighted by Crippen LogP contribution is 2.32. The van der Waals surface area contributed by atoms with Crippen molar-refractivity contribution in [3.63, 3.8) is 0 Å². The summed E-state index contributed by atoms with van der Waals surface area (Å²) in [6.45, 7) is 2.01. The second-order valence-corrected chi connectivity index (χ2v) is 5.58. The van der Waals surface area contributed by atoms with Gasteiger partial charge in [-0.1, -0.05) is 34.1 Å². The molecular weight excluding hydrogens is 321 g/mol. The van der Waals surface area contributed by atoms with Gasteiger partial charge in [0, 0.05) is 9.86 Å². The summed E-state index contributed by atoms with van der Waals surface area (Å²) in [4.78, 5) is 0. The number of furan rings is 1. The Kier molecular flexibility index (Phi) is 3.36. The Balaban J connectivity index is 2.08. The van der Waals surface area contributed by atoms with E-state index in [1.807, 2.05) is 25.1 Å². The van der Waals surface area contributed by atoms with Crippen molar-refractivity contribution < 1.29 is 8.81 Å². The van der Waals surface area contributed by atoms with Gasteiger partial charge in [-0.25, -0.2) is 4.39 Å². The fourth-order valence-electron chi connectivity index (χ4n) is 2.25. The first-order valence-electron chi connectivity index (χ1n) is 6.26. The molecule has 2 N–H and O–H groups in total. The monoisotopic (exact) mass is 333 g/mol. The SMILES string of the molecule is Cc1cccc(C(N)c2cc3cc(F)ccc3o2)c1Br. The third kappa shape index (κ3) is 2.25. The third-order valence-electron chi connectivity index (χ3n) is 3.36. The number of aryl methyl sites for hydroxylation is 1. The molecule has 2 aromatic carbocycles. The Bertz CT molecular complexity index is 781. The van der Waals surface area contributed by atoms with Crippen LogP contribution in [0.1, 0.15) is 22.9 Å². The molecular formula is C16H13BrFNO. The second-order valence-electron chi connectivity index (χ2n) is 4.79. The lowest BCUT2D eigenvalue weighted by Gasteiger charge is -2.12. The minimum Gasteiger partial charge on any atom is -0.459 e. The average molecular weight is 334 g/mol. The van der Waals surface area contributed by atoms with Crippen molar-refractivity contribution in [3.05, 3.63) is 69.6 Å². The van der Waals surface area contributed by atoms with Crippen LogP contribution in [0.3, 0.4) is 0 Å². The standard InChI is InChI=1S/C16H13BrFNO/c1-9-3-2-4-12(15(9)17)16(19)14-8-10-7-11(18)5-6-13(10)20-14/h2-8,16H,19H2,1H3. The summed E-state index contributed by atoms with van der Waals surface area (Å²) in [5.41, 5.74) is 8.97. The second kappa shape index (κ2) is 5.04. The predicted molar refractivity (Wildman–Crippen MR) is 81.1 cm³/mol. The Morgan fingerprint density at radius 2 is 2.00 bits per heavy atom. The highest BCUT2D eigenvalue weighted by atomic mass is 79.9. The van der Waals surface area contributed by atoms with E-state index < -0.39 is 0 Å². The molecule has 0 aliphatic heterocycles. The molecule has 20 heavy (non-hydrogen) atoms. The molecule has 1 aromatic heterocycles. The van der Waals surface area contributed by atoms with Crippen LogP contribution in [0.4, 0.5) is 4.39 Å². The topological polar surface area (TPSA) is 39.2 Å². The van der Waals surface area contributed by atoms with Crippen molar-refractivity contribution in [1.82, 2.24) is 0 Å². The van der Waals surface area contributed by atoms with Crippen LogP contribution in [0.25, 0.3) is 11.0 Å².